The Morgan fingerprint density at radius 3 is 1.46 bits per heavy atom. The van der Waals surface area contributed by atoms with Gasteiger partial charge in [-0.05, 0) is 96.4 Å². The molecular formula is C41H75N3O2. The average molecular weight is 642 g/mol. The number of carbonyl (C=O) groups excluding carboxylic acids is 2. The molecule has 0 saturated heterocycles. The molecule has 5 heteroatoms. The van der Waals surface area contributed by atoms with Gasteiger partial charge in [-0.25, -0.2) is 0 Å². The Bertz CT molecular complexity index is 787. The molecule has 0 saturated carbocycles. The number of hydrogen-bond acceptors (Lipinski definition) is 3. The number of hydrogen-bond donors (Lipinski definition) is 3. The molecule has 0 aliphatic heterocycles. The number of nitrogens with two attached hydrogens (primary N) is 1. The second-order valence-electron chi connectivity index (χ2n) is 12.9. The maximum atomic E-state index is 12.8. The number of allylic oxidation sites excluding steroid dienone is 8. The van der Waals surface area contributed by atoms with Gasteiger partial charge in [0.25, 0.3) is 0 Å². The highest BCUT2D eigenvalue weighted by atomic mass is 16.2. The van der Waals surface area contributed by atoms with Crippen LogP contribution in [0.1, 0.15) is 181 Å². The zero-order valence-corrected chi connectivity index (χ0v) is 30.4. The van der Waals surface area contributed by atoms with Crippen LogP contribution in [0.3, 0.4) is 0 Å². The molecule has 0 spiro atoms. The molecule has 4 N–H and O–H groups in total. The van der Waals surface area contributed by atoms with Crippen LogP contribution in [0.4, 0.5) is 0 Å². The first-order valence-electron chi connectivity index (χ1n) is 19.5. The molecule has 2 amide bonds. The van der Waals surface area contributed by atoms with Crippen molar-refractivity contribution in [2.45, 2.75) is 187 Å². The fourth-order valence-corrected chi connectivity index (χ4v) is 5.40. The van der Waals surface area contributed by atoms with Crippen molar-refractivity contribution in [1.29, 1.82) is 0 Å². The van der Waals surface area contributed by atoms with Crippen molar-refractivity contribution in [2.75, 3.05) is 13.1 Å². The van der Waals surface area contributed by atoms with Crippen LogP contribution in [0.25, 0.3) is 0 Å². The summed E-state index contributed by atoms with van der Waals surface area (Å²) in [6.45, 7) is 5.69. The highest BCUT2D eigenvalue weighted by Gasteiger charge is 2.19. The Balaban J connectivity index is 3.84. The minimum Gasteiger partial charge on any atom is -0.354 e. The van der Waals surface area contributed by atoms with E-state index in [4.69, 9.17) is 5.73 Å². The zero-order chi connectivity index (χ0) is 33.6. The topological polar surface area (TPSA) is 84.2 Å². The summed E-state index contributed by atoms with van der Waals surface area (Å²) in [5, 5.41) is 6.03. The number of unbranched alkanes of at least 4 members (excludes halogenated alkanes) is 17. The van der Waals surface area contributed by atoms with Crippen LogP contribution in [-0.2, 0) is 9.59 Å². The summed E-state index contributed by atoms with van der Waals surface area (Å²) >= 11 is 0. The smallest absolute Gasteiger partial charge is 0.242 e. The van der Waals surface area contributed by atoms with E-state index < -0.39 is 6.04 Å². The quantitative estimate of drug-likeness (QED) is 0.0483. The molecule has 0 bridgehead atoms. The lowest BCUT2D eigenvalue weighted by molar-refractivity contribution is -0.129. The molecule has 0 aliphatic carbocycles. The number of amides is 2. The molecule has 0 aromatic rings. The summed E-state index contributed by atoms with van der Waals surface area (Å²) in [5.74, 6) is -0.0824. The van der Waals surface area contributed by atoms with Gasteiger partial charge in [0.2, 0.25) is 11.8 Å². The minimum atomic E-state index is -0.473. The predicted octanol–water partition coefficient (Wildman–Crippen LogP) is 11.0. The standard InChI is InChI=1S/C41H75N3O2/c1-3-5-7-9-11-13-15-17-19-21-23-25-27-29-31-33-38-43-41(46)39(35-34-37-42)44-40(45)36-32-30-28-26-24-22-20-18-16-14-12-10-8-6-4-2/h11-14,17-20,39H,3-10,15-16,21-38,42H2,1-2H3,(H,43,46)(H,44,45)/b13-11-,14-12?,19-17-,20-18?. The van der Waals surface area contributed by atoms with E-state index >= 15 is 0 Å². The largest absolute Gasteiger partial charge is 0.354 e. The number of rotatable bonds is 34. The van der Waals surface area contributed by atoms with Crippen LogP contribution in [0.2, 0.25) is 0 Å². The molecule has 0 aromatic carbocycles. The van der Waals surface area contributed by atoms with E-state index in [0.717, 1.165) is 57.8 Å². The summed E-state index contributed by atoms with van der Waals surface area (Å²) in [7, 11) is 0. The monoisotopic (exact) mass is 642 g/mol. The molecule has 46 heavy (non-hydrogen) atoms. The summed E-state index contributed by atoms with van der Waals surface area (Å²) in [6.07, 6.45) is 47.5. The second kappa shape index (κ2) is 37.3. The minimum absolute atomic E-state index is 0.0171. The van der Waals surface area contributed by atoms with Crippen molar-refractivity contribution in [2.24, 2.45) is 5.73 Å². The average Bonchev–Trinajstić information content (AvgIpc) is 3.06. The summed E-state index contributed by atoms with van der Waals surface area (Å²) in [5.41, 5.74) is 5.69. The predicted molar refractivity (Wildman–Crippen MR) is 202 cm³/mol. The van der Waals surface area contributed by atoms with Crippen LogP contribution in [0.15, 0.2) is 48.6 Å². The summed E-state index contributed by atoms with van der Waals surface area (Å²) < 4.78 is 0. The van der Waals surface area contributed by atoms with Crippen molar-refractivity contribution in [3.05, 3.63) is 48.6 Å². The second-order valence-corrected chi connectivity index (χ2v) is 12.9. The third-order valence-corrected chi connectivity index (χ3v) is 8.38. The Kier molecular flexibility index (Phi) is 35.6. The first kappa shape index (κ1) is 43.9. The van der Waals surface area contributed by atoms with Gasteiger partial charge in [0, 0.05) is 13.0 Å². The first-order valence-corrected chi connectivity index (χ1v) is 19.5. The van der Waals surface area contributed by atoms with E-state index in [1.807, 2.05) is 0 Å². The highest BCUT2D eigenvalue weighted by Crippen LogP contribution is 2.10. The third kappa shape index (κ3) is 33.2. The van der Waals surface area contributed by atoms with E-state index in [9.17, 15) is 9.59 Å². The zero-order valence-electron chi connectivity index (χ0n) is 30.4. The first-order chi connectivity index (χ1) is 22.7. The molecule has 1 atom stereocenters. The van der Waals surface area contributed by atoms with Crippen LogP contribution < -0.4 is 16.4 Å². The van der Waals surface area contributed by atoms with E-state index in [0.29, 0.717) is 25.9 Å². The third-order valence-electron chi connectivity index (χ3n) is 8.38. The highest BCUT2D eigenvalue weighted by molar-refractivity contribution is 5.87. The number of carbonyl (C=O) groups is 2. The SMILES string of the molecule is CCCCCC=CCC=CCCCCCCCC(=O)NC(CCCN)C(=O)NCCCCCCCC/C=C\C/C=C\CCCCC. The van der Waals surface area contributed by atoms with Gasteiger partial charge in [0.1, 0.15) is 6.04 Å². The van der Waals surface area contributed by atoms with Crippen LogP contribution >= 0.6 is 0 Å². The van der Waals surface area contributed by atoms with Crippen LogP contribution in [0.5, 0.6) is 0 Å². The molecule has 0 aromatic heterocycles. The van der Waals surface area contributed by atoms with Gasteiger partial charge in [0.05, 0.1) is 0 Å². The molecule has 1 unspecified atom stereocenters. The van der Waals surface area contributed by atoms with Gasteiger partial charge >= 0.3 is 0 Å². The molecule has 0 fully saturated rings. The van der Waals surface area contributed by atoms with Crippen molar-refractivity contribution >= 4 is 11.8 Å². The lowest BCUT2D eigenvalue weighted by Crippen LogP contribution is -2.47. The van der Waals surface area contributed by atoms with Gasteiger partial charge < -0.3 is 16.4 Å². The van der Waals surface area contributed by atoms with Crippen molar-refractivity contribution < 1.29 is 9.59 Å². The van der Waals surface area contributed by atoms with Crippen LogP contribution in [-0.4, -0.2) is 30.9 Å². The fourth-order valence-electron chi connectivity index (χ4n) is 5.40. The van der Waals surface area contributed by atoms with E-state index in [1.54, 1.807) is 0 Å². The van der Waals surface area contributed by atoms with Crippen LogP contribution in [0, 0.1) is 0 Å². The van der Waals surface area contributed by atoms with E-state index in [1.165, 1.54) is 96.3 Å². The van der Waals surface area contributed by atoms with E-state index in [-0.39, 0.29) is 11.8 Å². The molecule has 0 aliphatic rings. The molecule has 266 valence electrons. The molecular weight excluding hydrogens is 566 g/mol. The van der Waals surface area contributed by atoms with Crippen molar-refractivity contribution in [1.82, 2.24) is 10.6 Å². The molecule has 0 radical (unpaired) electrons. The molecule has 5 nitrogen and oxygen atoms in total. The number of nitrogens with one attached hydrogen (secondary N) is 2. The summed E-state index contributed by atoms with van der Waals surface area (Å²) in [6, 6.07) is -0.473. The Morgan fingerprint density at radius 2 is 0.978 bits per heavy atom. The van der Waals surface area contributed by atoms with Crippen molar-refractivity contribution in [3.8, 4) is 0 Å². The molecule has 0 rings (SSSR count). The van der Waals surface area contributed by atoms with Gasteiger partial charge in [0.15, 0.2) is 0 Å². The normalized spacial score (nSPS) is 12.7. The van der Waals surface area contributed by atoms with Gasteiger partial charge in [-0.1, -0.05) is 133 Å². The van der Waals surface area contributed by atoms with E-state index in [2.05, 4.69) is 73.1 Å². The maximum absolute atomic E-state index is 12.8. The maximum Gasteiger partial charge on any atom is 0.242 e. The van der Waals surface area contributed by atoms with Crippen molar-refractivity contribution in [3.63, 3.8) is 0 Å². The summed E-state index contributed by atoms with van der Waals surface area (Å²) in [4.78, 5) is 25.3. The molecule has 0 heterocycles. The lowest BCUT2D eigenvalue weighted by Gasteiger charge is -2.18. The Morgan fingerprint density at radius 1 is 0.543 bits per heavy atom. The van der Waals surface area contributed by atoms with Gasteiger partial charge in [-0.3, -0.25) is 9.59 Å². The Labute approximate surface area is 285 Å². The fraction of sp³-hybridized carbons (Fsp3) is 0.756. The van der Waals surface area contributed by atoms with Gasteiger partial charge in [-0.15, -0.1) is 0 Å². The Hall–Kier alpha value is -2.14. The lowest BCUT2D eigenvalue weighted by atomic mass is 10.1. The van der Waals surface area contributed by atoms with Gasteiger partial charge in [-0.2, -0.15) is 0 Å².